The van der Waals surface area contributed by atoms with Crippen LogP contribution in [-0.4, -0.2) is 13.0 Å². The van der Waals surface area contributed by atoms with Crippen molar-refractivity contribution in [2.75, 3.05) is 0 Å². The minimum atomic E-state index is -4.82. The van der Waals surface area contributed by atoms with Crippen molar-refractivity contribution >= 4 is 10.4 Å². The zero-order chi connectivity index (χ0) is 6.62. The van der Waals surface area contributed by atoms with Gasteiger partial charge in [-0.1, -0.05) is 0 Å². The van der Waals surface area contributed by atoms with Crippen molar-refractivity contribution in [3.05, 3.63) is 0 Å². The molecule has 1 N–H and O–H groups in total. The highest BCUT2D eigenvalue weighted by molar-refractivity contribution is 7.80. The Balaban J connectivity index is 3.94. The lowest BCUT2D eigenvalue weighted by Crippen LogP contribution is -1.97. The summed E-state index contributed by atoms with van der Waals surface area (Å²) < 4.78 is 31.2. The lowest BCUT2D eigenvalue weighted by molar-refractivity contribution is 0.249. The van der Waals surface area contributed by atoms with Gasteiger partial charge in [-0.05, 0) is 0 Å². The summed E-state index contributed by atoms with van der Waals surface area (Å²) in [5, 5.41) is 2.13. The van der Waals surface area contributed by atoms with Gasteiger partial charge in [0.15, 0.2) is 0 Å². The van der Waals surface area contributed by atoms with Crippen LogP contribution >= 0.6 is 0 Å². The Hall–Kier alpha value is -0.980. The highest BCUT2D eigenvalue weighted by Gasteiger charge is 1.92. The van der Waals surface area contributed by atoms with Gasteiger partial charge in [-0.25, -0.2) is 4.28 Å². The molecule has 0 rings (SSSR count). The van der Waals surface area contributed by atoms with Crippen LogP contribution in [0.1, 0.15) is 0 Å². The Morgan fingerprint density at radius 1 is 1.75 bits per heavy atom. The fourth-order valence-electron chi connectivity index (χ4n) is 0.0575. The van der Waals surface area contributed by atoms with Gasteiger partial charge in [0.1, 0.15) is 5.53 Å². The molecule has 7 nitrogen and oxygen atoms in total. The first-order valence-corrected chi connectivity index (χ1v) is 2.61. The molecule has 0 aliphatic carbocycles. The van der Waals surface area contributed by atoms with E-state index in [2.05, 4.69) is 14.5 Å². The summed E-state index contributed by atoms with van der Waals surface area (Å²) in [5.41, 5.74) is 5.81. The van der Waals surface area contributed by atoms with Crippen LogP contribution in [0.25, 0.3) is 0 Å². The number of hydrogen-bond donors (Lipinski definition) is 1. The lowest BCUT2D eigenvalue weighted by atomic mass is 12.9. The predicted molar refractivity (Wildman–Crippen MR) is 18.1 cm³/mol. The van der Waals surface area contributed by atoms with Crippen LogP contribution in [0, 0.1) is 5.53 Å². The molecule has 0 atom stereocenters. The predicted octanol–water partition coefficient (Wildman–Crippen LogP) is -1.07. The molecule has 46 valence electrons. The van der Waals surface area contributed by atoms with E-state index >= 15 is 0 Å². The van der Waals surface area contributed by atoms with Crippen LogP contribution in [0.15, 0.2) is 5.28 Å². The fourth-order valence-corrected chi connectivity index (χ4v) is 0.172. The van der Waals surface area contributed by atoms with E-state index in [0.717, 1.165) is 0 Å². The Bertz CT molecular complexity index is 195. The smallest absolute Gasteiger partial charge is 0.374 e. The molecule has 0 aromatic heterocycles. The van der Waals surface area contributed by atoms with E-state index in [1.807, 2.05) is 0 Å². The minimum absolute atomic E-state index is 2.09. The molecule has 8 heavy (non-hydrogen) atoms. The number of nitrogens with zero attached hydrogens (tertiary/aromatic N) is 2. The first-order valence-electron chi connectivity index (χ1n) is 1.27. The van der Waals surface area contributed by atoms with Crippen molar-refractivity contribution in [3.8, 4) is 0 Å². The Morgan fingerprint density at radius 3 is 2.38 bits per heavy atom. The summed E-state index contributed by atoms with van der Waals surface area (Å²) >= 11 is 0. The van der Waals surface area contributed by atoms with Crippen LogP contribution in [0.3, 0.4) is 0 Å². The molecule has 0 unspecified atom stereocenters. The van der Waals surface area contributed by atoms with Crippen LogP contribution in [0.2, 0.25) is 0 Å². The van der Waals surface area contributed by atoms with Crippen LogP contribution in [-0.2, 0) is 14.7 Å². The summed E-state index contributed by atoms with van der Waals surface area (Å²) in [6.45, 7) is 0. The second kappa shape index (κ2) is 2.36. The van der Waals surface area contributed by atoms with Crippen molar-refractivity contribution in [1.82, 2.24) is 4.91 Å². The molecular weight excluding hydrogens is 138 g/mol. The van der Waals surface area contributed by atoms with Gasteiger partial charge in [0.2, 0.25) is 0 Å². The van der Waals surface area contributed by atoms with Crippen LogP contribution < -0.4 is 4.91 Å². The molecule has 0 saturated carbocycles. The van der Waals surface area contributed by atoms with E-state index < -0.39 is 10.4 Å². The zero-order valence-electron chi connectivity index (χ0n) is 3.44. The average molecular weight is 139 g/mol. The third-order valence-corrected chi connectivity index (χ3v) is 0.415. The number of nitrogens with one attached hydrogen (secondary N) is 1. The maximum absolute atomic E-state index is 9.38. The van der Waals surface area contributed by atoms with Gasteiger partial charge in [-0.3, -0.25) is 0 Å². The van der Waals surface area contributed by atoms with E-state index in [1.54, 1.807) is 0 Å². The van der Waals surface area contributed by atoms with Crippen LogP contribution in [0.4, 0.5) is 0 Å². The minimum Gasteiger partial charge on any atom is -0.714 e. The maximum atomic E-state index is 9.38. The summed E-state index contributed by atoms with van der Waals surface area (Å²) in [5.74, 6) is 0. The molecule has 0 fully saturated rings. The second-order valence-corrected chi connectivity index (χ2v) is 1.63. The lowest BCUT2D eigenvalue weighted by Gasteiger charge is -1.93. The summed E-state index contributed by atoms with van der Waals surface area (Å²) in [6, 6.07) is 0. The number of rotatable bonds is 2. The topological polar surface area (TPSA) is 117 Å². The van der Waals surface area contributed by atoms with Crippen molar-refractivity contribution in [2.45, 2.75) is 0 Å². The normalized spacial score (nSPS) is 9.62. The molecule has 0 saturated heterocycles. The molecule has 0 amide bonds. The second-order valence-electron chi connectivity index (χ2n) is 0.664. The molecule has 0 bridgehead atoms. The van der Waals surface area contributed by atoms with E-state index in [9.17, 15) is 13.0 Å². The van der Waals surface area contributed by atoms with Gasteiger partial charge in [-0.2, -0.15) is 8.42 Å². The molecule has 0 radical (unpaired) electrons. The number of hydrogen-bond acceptors (Lipinski definition) is 6. The standard InChI is InChI=1S/HN3O4S/c1-2-3-7-8(4,5)6/h1H. The van der Waals surface area contributed by atoms with Crippen LogP contribution in [0.5, 0.6) is 0 Å². The average Bonchev–Trinajstić information content (AvgIpc) is 1.59. The van der Waals surface area contributed by atoms with Gasteiger partial charge >= 0.3 is 5.28 Å². The summed E-state index contributed by atoms with van der Waals surface area (Å²) in [6.07, 6.45) is 0. The van der Waals surface area contributed by atoms with Gasteiger partial charge in [0, 0.05) is 0 Å². The van der Waals surface area contributed by atoms with Crippen molar-refractivity contribution in [1.29, 1.82) is 5.53 Å². The Labute approximate surface area is 44.4 Å². The first-order chi connectivity index (χ1) is 3.56. The van der Waals surface area contributed by atoms with Crippen molar-refractivity contribution in [2.24, 2.45) is 5.28 Å². The third-order valence-electron chi connectivity index (χ3n) is 0.165. The van der Waals surface area contributed by atoms with E-state index in [-0.39, 0.29) is 0 Å². The third kappa shape index (κ3) is 5.02. The first kappa shape index (κ1) is 7.02. The zero-order valence-corrected chi connectivity index (χ0v) is 4.25. The SMILES string of the molecule is N=[N+]=NOS(=O)(=O)[O-]. The highest BCUT2D eigenvalue weighted by atomic mass is 32.3. The molecule has 8 heteroatoms. The van der Waals surface area contributed by atoms with Gasteiger partial charge in [0.25, 0.3) is 15.3 Å². The van der Waals surface area contributed by atoms with Gasteiger partial charge < -0.3 is 4.55 Å². The molecule has 0 aromatic carbocycles. The van der Waals surface area contributed by atoms with Gasteiger partial charge in [-0.15, -0.1) is 0 Å². The van der Waals surface area contributed by atoms with Crippen molar-refractivity contribution < 1.29 is 17.3 Å². The fraction of sp³-hybridized carbons (Fsp3) is 0. The Morgan fingerprint density at radius 2 is 2.25 bits per heavy atom. The molecular formula is HN3O4S. The van der Waals surface area contributed by atoms with Gasteiger partial charge in [0.05, 0.1) is 0 Å². The molecule has 0 aliphatic heterocycles. The molecule has 0 heterocycles. The van der Waals surface area contributed by atoms with E-state index in [4.69, 9.17) is 5.53 Å². The molecule has 0 aromatic rings. The molecule has 0 aliphatic rings. The monoisotopic (exact) mass is 139 g/mol. The van der Waals surface area contributed by atoms with Crippen molar-refractivity contribution in [3.63, 3.8) is 0 Å². The van der Waals surface area contributed by atoms with E-state index in [0.29, 0.717) is 0 Å². The molecule has 0 spiro atoms. The summed E-state index contributed by atoms with van der Waals surface area (Å²) in [7, 11) is -4.82. The van der Waals surface area contributed by atoms with E-state index in [1.165, 1.54) is 0 Å². The highest BCUT2D eigenvalue weighted by Crippen LogP contribution is 1.81. The Kier molecular flexibility index (Phi) is 2.07. The quantitative estimate of drug-likeness (QED) is 0.172. The maximum Gasteiger partial charge on any atom is 0.374 e. The summed E-state index contributed by atoms with van der Waals surface area (Å²) in [4.78, 5) is 2.09. The largest absolute Gasteiger partial charge is 0.714 e.